The number of rotatable bonds is 8. The minimum atomic E-state index is 0.491. The highest BCUT2D eigenvalue weighted by molar-refractivity contribution is 5.13. The molecule has 0 unspecified atom stereocenters. The van der Waals surface area contributed by atoms with Crippen LogP contribution in [0.1, 0.15) is 12.0 Å². The molecule has 1 aromatic carbocycles. The van der Waals surface area contributed by atoms with E-state index in [1.165, 1.54) is 5.56 Å². The Bertz CT molecular complexity index is 311. The third kappa shape index (κ3) is 5.31. The number of benzene rings is 1. The first-order valence-corrected chi connectivity index (χ1v) is 6.26. The lowest BCUT2D eigenvalue weighted by Crippen LogP contribution is -2.25. The zero-order valence-corrected chi connectivity index (χ0v) is 10.5. The number of hydrogen-bond donors (Lipinski definition) is 0. The molecule has 1 heterocycles. The Balaban J connectivity index is 1.48. The molecule has 3 nitrogen and oxygen atoms in total. The Labute approximate surface area is 103 Å². The molecule has 1 aromatic rings. The minimum absolute atomic E-state index is 0.491. The average molecular weight is 235 g/mol. The van der Waals surface area contributed by atoms with Crippen LogP contribution in [0, 0.1) is 0 Å². The molecule has 0 saturated carbocycles. The molecular formula is C14H21NO2. The van der Waals surface area contributed by atoms with Crippen molar-refractivity contribution in [2.75, 3.05) is 33.4 Å². The molecule has 0 aliphatic carbocycles. The summed E-state index contributed by atoms with van der Waals surface area (Å²) >= 11 is 0. The van der Waals surface area contributed by atoms with Gasteiger partial charge in [0.05, 0.1) is 19.3 Å². The second-order valence-electron chi connectivity index (χ2n) is 4.61. The van der Waals surface area contributed by atoms with E-state index in [1.807, 2.05) is 18.2 Å². The Morgan fingerprint density at radius 1 is 1.35 bits per heavy atom. The van der Waals surface area contributed by atoms with Gasteiger partial charge in [0.15, 0.2) is 0 Å². The summed E-state index contributed by atoms with van der Waals surface area (Å²) in [7, 11) is 2.14. The highest BCUT2D eigenvalue weighted by Gasteiger charge is 2.23. The monoisotopic (exact) mass is 235 g/mol. The van der Waals surface area contributed by atoms with Gasteiger partial charge in [-0.25, -0.2) is 0 Å². The van der Waals surface area contributed by atoms with Crippen LogP contribution in [0.5, 0.6) is 0 Å². The van der Waals surface area contributed by atoms with Crippen molar-refractivity contribution in [1.82, 2.24) is 4.90 Å². The van der Waals surface area contributed by atoms with Gasteiger partial charge in [-0.15, -0.1) is 0 Å². The summed E-state index contributed by atoms with van der Waals surface area (Å²) in [5, 5.41) is 0. The van der Waals surface area contributed by atoms with Gasteiger partial charge in [0.2, 0.25) is 0 Å². The predicted molar refractivity (Wildman–Crippen MR) is 68.0 cm³/mol. The molecule has 0 aromatic heterocycles. The van der Waals surface area contributed by atoms with E-state index >= 15 is 0 Å². The van der Waals surface area contributed by atoms with Crippen molar-refractivity contribution in [2.24, 2.45) is 0 Å². The van der Waals surface area contributed by atoms with Crippen LogP contribution in [0.2, 0.25) is 0 Å². The fourth-order valence-corrected chi connectivity index (χ4v) is 1.81. The topological polar surface area (TPSA) is 25.0 Å². The summed E-state index contributed by atoms with van der Waals surface area (Å²) in [6, 6.07) is 10.3. The highest BCUT2D eigenvalue weighted by atomic mass is 16.6. The maximum atomic E-state index is 5.63. The van der Waals surface area contributed by atoms with E-state index in [0.717, 1.165) is 39.3 Å². The molecule has 0 radical (unpaired) electrons. The van der Waals surface area contributed by atoms with Crippen LogP contribution in [-0.2, 0) is 16.1 Å². The smallest absolute Gasteiger partial charge is 0.0936 e. The molecule has 1 aliphatic heterocycles. The van der Waals surface area contributed by atoms with Gasteiger partial charge in [-0.2, -0.15) is 0 Å². The zero-order valence-electron chi connectivity index (χ0n) is 10.5. The molecule has 94 valence electrons. The fourth-order valence-electron chi connectivity index (χ4n) is 1.81. The third-order valence-corrected chi connectivity index (χ3v) is 2.86. The Kier molecular flexibility index (Phi) is 4.98. The van der Waals surface area contributed by atoms with Crippen LogP contribution < -0.4 is 0 Å². The summed E-state index contributed by atoms with van der Waals surface area (Å²) in [5.74, 6) is 0. The quantitative estimate of drug-likeness (QED) is 0.508. The van der Waals surface area contributed by atoms with Crippen molar-refractivity contribution in [2.45, 2.75) is 19.1 Å². The summed E-state index contributed by atoms with van der Waals surface area (Å²) < 4.78 is 10.8. The van der Waals surface area contributed by atoms with Gasteiger partial charge in [0.25, 0.3) is 0 Å². The van der Waals surface area contributed by atoms with E-state index in [4.69, 9.17) is 9.47 Å². The number of likely N-dealkylation sites (N-methyl/N-ethyl adjacent to an activating group) is 1. The Hall–Kier alpha value is -0.900. The SMILES string of the molecule is CN(CCCOCc1ccccc1)C[C@H]1CO1. The molecule has 1 fully saturated rings. The second-order valence-corrected chi connectivity index (χ2v) is 4.61. The minimum Gasteiger partial charge on any atom is -0.377 e. The molecular weight excluding hydrogens is 214 g/mol. The van der Waals surface area contributed by atoms with Gasteiger partial charge in [-0.3, -0.25) is 0 Å². The van der Waals surface area contributed by atoms with Crippen molar-refractivity contribution in [3.63, 3.8) is 0 Å². The molecule has 0 amide bonds. The first-order chi connectivity index (χ1) is 8.34. The van der Waals surface area contributed by atoms with E-state index in [1.54, 1.807) is 0 Å². The largest absolute Gasteiger partial charge is 0.377 e. The van der Waals surface area contributed by atoms with Crippen LogP contribution in [0.25, 0.3) is 0 Å². The highest BCUT2D eigenvalue weighted by Crippen LogP contribution is 2.09. The molecule has 0 bridgehead atoms. The van der Waals surface area contributed by atoms with Crippen molar-refractivity contribution >= 4 is 0 Å². The molecule has 17 heavy (non-hydrogen) atoms. The summed E-state index contributed by atoms with van der Waals surface area (Å²) in [5.41, 5.74) is 1.24. The van der Waals surface area contributed by atoms with E-state index in [9.17, 15) is 0 Å². The third-order valence-electron chi connectivity index (χ3n) is 2.86. The van der Waals surface area contributed by atoms with E-state index in [0.29, 0.717) is 6.10 Å². The summed E-state index contributed by atoms with van der Waals surface area (Å²) in [4.78, 5) is 2.31. The van der Waals surface area contributed by atoms with Crippen LogP contribution in [0.15, 0.2) is 30.3 Å². The Morgan fingerprint density at radius 2 is 2.12 bits per heavy atom. The van der Waals surface area contributed by atoms with Crippen molar-refractivity contribution < 1.29 is 9.47 Å². The first kappa shape index (κ1) is 12.6. The van der Waals surface area contributed by atoms with E-state index in [2.05, 4.69) is 24.1 Å². The zero-order chi connectivity index (χ0) is 11.9. The normalized spacial score (nSPS) is 18.6. The maximum Gasteiger partial charge on any atom is 0.0936 e. The van der Waals surface area contributed by atoms with Gasteiger partial charge < -0.3 is 14.4 Å². The van der Waals surface area contributed by atoms with Crippen molar-refractivity contribution in [3.8, 4) is 0 Å². The van der Waals surface area contributed by atoms with Crippen LogP contribution in [0.3, 0.4) is 0 Å². The standard InChI is InChI=1S/C14H21NO2/c1-15(10-14-12-17-14)8-5-9-16-11-13-6-3-2-4-7-13/h2-4,6-7,14H,5,8-12H2,1H3/t14-/m0/s1. The molecule has 3 heteroatoms. The number of epoxide rings is 1. The van der Waals surface area contributed by atoms with Crippen molar-refractivity contribution in [3.05, 3.63) is 35.9 Å². The molecule has 2 rings (SSSR count). The van der Waals surface area contributed by atoms with Crippen molar-refractivity contribution in [1.29, 1.82) is 0 Å². The van der Waals surface area contributed by atoms with E-state index in [-0.39, 0.29) is 0 Å². The van der Waals surface area contributed by atoms with Gasteiger partial charge in [0.1, 0.15) is 0 Å². The molecule has 0 spiro atoms. The molecule has 1 atom stereocenters. The van der Waals surface area contributed by atoms with Crippen LogP contribution in [0.4, 0.5) is 0 Å². The van der Waals surface area contributed by atoms with Crippen LogP contribution in [-0.4, -0.2) is 44.4 Å². The predicted octanol–water partition coefficient (Wildman–Crippen LogP) is 1.92. The Morgan fingerprint density at radius 3 is 2.82 bits per heavy atom. The van der Waals surface area contributed by atoms with Crippen LogP contribution >= 0.6 is 0 Å². The number of ether oxygens (including phenoxy) is 2. The lowest BCUT2D eigenvalue weighted by Gasteiger charge is -2.14. The molecule has 1 aliphatic rings. The summed E-state index contributed by atoms with van der Waals surface area (Å²) in [6.07, 6.45) is 1.57. The lowest BCUT2D eigenvalue weighted by molar-refractivity contribution is 0.110. The first-order valence-electron chi connectivity index (χ1n) is 6.26. The van der Waals surface area contributed by atoms with Gasteiger partial charge in [0, 0.05) is 19.7 Å². The average Bonchev–Trinajstić information content (AvgIpc) is 3.14. The number of hydrogen-bond acceptors (Lipinski definition) is 3. The summed E-state index contributed by atoms with van der Waals surface area (Å²) in [6.45, 7) is 4.61. The molecule has 0 N–H and O–H groups in total. The lowest BCUT2D eigenvalue weighted by atomic mass is 10.2. The second kappa shape index (κ2) is 6.74. The molecule has 1 saturated heterocycles. The van der Waals surface area contributed by atoms with Gasteiger partial charge >= 0.3 is 0 Å². The fraction of sp³-hybridized carbons (Fsp3) is 0.571. The number of nitrogens with zero attached hydrogens (tertiary/aromatic N) is 1. The maximum absolute atomic E-state index is 5.63. The van der Waals surface area contributed by atoms with Gasteiger partial charge in [-0.1, -0.05) is 30.3 Å². The van der Waals surface area contributed by atoms with Gasteiger partial charge in [-0.05, 0) is 19.0 Å². The van der Waals surface area contributed by atoms with E-state index < -0.39 is 0 Å².